The number of anilines is 1. The molecule has 4 rings (SSSR count). The van der Waals surface area contributed by atoms with Crippen LogP contribution >= 0.6 is 11.8 Å². The summed E-state index contributed by atoms with van der Waals surface area (Å²) in [5.41, 5.74) is 6.55. The van der Waals surface area contributed by atoms with E-state index >= 15 is 0 Å². The van der Waals surface area contributed by atoms with Crippen molar-refractivity contribution in [1.29, 1.82) is 0 Å². The molecule has 144 valence electrons. The van der Waals surface area contributed by atoms with E-state index in [0.29, 0.717) is 5.75 Å². The third-order valence-electron chi connectivity index (χ3n) is 5.04. The smallest absolute Gasteiger partial charge is 0.235 e. The summed E-state index contributed by atoms with van der Waals surface area (Å²) in [7, 11) is 1.64. The lowest BCUT2D eigenvalue weighted by atomic mass is 9.98. The second-order valence-electron chi connectivity index (χ2n) is 7.06. The van der Waals surface area contributed by atoms with Crippen molar-refractivity contribution in [2.45, 2.75) is 26.0 Å². The van der Waals surface area contributed by atoms with Gasteiger partial charge in [0.1, 0.15) is 11.6 Å². The number of hydrogen-bond donors (Lipinski definition) is 1. The van der Waals surface area contributed by atoms with Crippen LogP contribution in [0.3, 0.4) is 0 Å². The highest BCUT2D eigenvalue weighted by molar-refractivity contribution is 8.00. The van der Waals surface area contributed by atoms with Gasteiger partial charge in [-0.25, -0.2) is 4.68 Å². The van der Waals surface area contributed by atoms with Crippen molar-refractivity contribution < 1.29 is 9.53 Å². The van der Waals surface area contributed by atoms with Gasteiger partial charge < -0.3 is 10.1 Å². The Morgan fingerprint density at radius 1 is 1.14 bits per heavy atom. The van der Waals surface area contributed by atoms with Crippen LogP contribution in [0.4, 0.5) is 5.82 Å². The van der Waals surface area contributed by atoms with Crippen molar-refractivity contribution in [1.82, 2.24) is 9.78 Å². The molecule has 1 amide bonds. The summed E-state index contributed by atoms with van der Waals surface area (Å²) < 4.78 is 7.08. The van der Waals surface area contributed by atoms with Crippen LogP contribution in [0.2, 0.25) is 0 Å². The average Bonchev–Trinajstić information content (AvgIpc) is 2.90. The minimum atomic E-state index is -0.00582. The first-order chi connectivity index (χ1) is 13.5. The zero-order valence-corrected chi connectivity index (χ0v) is 17.3. The molecular formula is C22H23N3O2S. The van der Waals surface area contributed by atoms with Gasteiger partial charge >= 0.3 is 0 Å². The van der Waals surface area contributed by atoms with Crippen molar-refractivity contribution in [3.63, 3.8) is 0 Å². The van der Waals surface area contributed by atoms with Crippen LogP contribution in [0, 0.1) is 20.8 Å². The zero-order valence-electron chi connectivity index (χ0n) is 16.4. The fourth-order valence-electron chi connectivity index (χ4n) is 3.58. The van der Waals surface area contributed by atoms with Gasteiger partial charge in [0.25, 0.3) is 0 Å². The first-order valence-electron chi connectivity index (χ1n) is 9.20. The normalized spacial score (nSPS) is 16.3. The standard InChI is InChI=1S/C22H23N3O2S/c1-13-5-6-14(2)18(11-13)21-20-15(3)24-25(22(20)23-19(26)12-28-21)16-7-9-17(27-4)10-8-16/h5-11,21H,12H2,1-4H3,(H,23,26)/t21-/m0/s1. The molecule has 3 aromatic rings. The molecular weight excluding hydrogens is 370 g/mol. The number of thioether (sulfide) groups is 1. The van der Waals surface area contributed by atoms with Gasteiger partial charge in [-0.2, -0.15) is 5.10 Å². The van der Waals surface area contributed by atoms with Crippen LogP contribution in [0.25, 0.3) is 5.69 Å². The van der Waals surface area contributed by atoms with Crippen molar-refractivity contribution in [2.75, 3.05) is 18.2 Å². The van der Waals surface area contributed by atoms with Gasteiger partial charge in [-0.05, 0) is 56.2 Å². The van der Waals surface area contributed by atoms with Crippen LogP contribution in [-0.4, -0.2) is 28.6 Å². The molecule has 0 bridgehead atoms. The fourth-order valence-corrected chi connectivity index (χ4v) is 4.85. The Labute approximate surface area is 169 Å². The summed E-state index contributed by atoms with van der Waals surface area (Å²) in [6, 6.07) is 14.2. The van der Waals surface area contributed by atoms with Gasteiger partial charge in [-0.15, -0.1) is 11.8 Å². The number of rotatable bonds is 3. The molecule has 0 spiro atoms. The van der Waals surface area contributed by atoms with E-state index in [1.807, 2.05) is 35.9 Å². The molecule has 0 unspecified atom stereocenters. The lowest BCUT2D eigenvalue weighted by molar-refractivity contribution is -0.113. The van der Waals surface area contributed by atoms with E-state index in [9.17, 15) is 4.79 Å². The molecule has 2 heterocycles. The summed E-state index contributed by atoms with van der Waals surface area (Å²) in [4.78, 5) is 12.5. The number of nitrogens with zero attached hydrogens (tertiary/aromatic N) is 2. The zero-order chi connectivity index (χ0) is 19.8. The Balaban J connectivity index is 1.88. The maximum atomic E-state index is 12.5. The Hall–Kier alpha value is -2.73. The highest BCUT2D eigenvalue weighted by atomic mass is 32.2. The average molecular weight is 394 g/mol. The quantitative estimate of drug-likeness (QED) is 0.708. The number of amides is 1. The van der Waals surface area contributed by atoms with Gasteiger partial charge in [-0.3, -0.25) is 4.79 Å². The minimum absolute atomic E-state index is 0.00582. The van der Waals surface area contributed by atoms with Crippen molar-refractivity contribution in [2.24, 2.45) is 0 Å². The van der Waals surface area contributed by atoms with Crippen molar-refractivity contribution in [3.8, 4) is 11.4 Å². The molecule has 0 saturated carbocycles. The highest BCUT2D eigenvalue weighted by Crippen LogP contribution is 2.45. The molecule has 0 saturated heterocycles. The number of aromatic nitrogens is 2. The molecule has 1 aromatic heterocycles. The van der Waals surface area contributed by atoms with E-state index in [1.54, 1.807) is 18.9 Å². The van der Waals surface area contributed by atoms with E-state index in [-0.39, 0.29) is 11.2 Å². The van der Waals surface area contributed by atoms with Crippen molar-refractivity contribution >= 4 is 23.5 Å². The molecule has 0 aliphatic carbocycles. The first kappa shape index (κ1) is 18.6. The number of aryl methyl sites for hydroxylation is 3. The van der Waals surface area contributed by atoms with Gasteiger partial charge in [-0.1, -0.05) is 23.8 Å². The Morgan fingerprint density at radius 2 is 1.89 bits per heavy atom. The molecule has 1 aliphatic rings. The monoisotopic (exact) mass is 393 g/mol. The number of carbonyl (C=O) groups excluding carboxylic acids is 1. The minimum Gasteiger partial charge on any atom is -0.497 e. The van der Waals surface area contributed by atoms with Crippen LogP contribution in [0.5, 0.6) is 5.75 Å². The number of nitrogens with one attached hydrogen (secondary N) is 1. The molecule has 5 nitrogen and oxygen atoms in total. The SMILES string of the molecule is COc1ccc(-n2nc(C)c3c2NC(=O)CS[C@H]3c2cc(C)ccc2C)cc1. The number of carbonyl (C=O) groups is 1. The van der Waals surface area contributed by atoms with E-state index < -0.39 is 0 Å². The number of fused-ring (bicyclic) bond motifs is 1. The summed E-state index contributed by atoms with van der Waals surface area (Å²) >= 11 is 1.65. The molecule has 6 heteroatoms. The van der Waals surface area contributed by atoms with Crippen LogP contribution in [0.1, 0.15) is 33.2 Å². The number of benzene rings is 2. The van der Waals surface area contributed by atoms with Crippen LogP contribution in [0.15, 0.2) is 42.5 Å². The fraction of sp³-hybridized carbons (Fsp3) is 0.273. The van der Waals surface area contributed by atoms with Crippen LogP contribution < -0.4 is 10.1 Å². The summed E-state index contributed by atoms with van der Waals surface area (Å²) in [5.74, 6) is 1.94. The molecule has 1 atom stereocenters. The Morgan fingerprint density at radius 3 is 2.61 bits per heavy atom. The summed E-state index contributed by atoms with van der Waals surface area (Å²) in [6.45, 7) is 6.23. The topological polar surface area (TPSA) is 56.1 Å². The lowest BCUT2D eigenvalue weighted by Crippen LogP contribution is -2.15. The van der Waals surface area contributed by atoms with Gasteiger partial charge in [0.05, 0.1) is 29.5 Å². The predicted octanol–water partition coefficient (Wildman–Crippen LogP) is 4.58. The lowest BCUT2D eigenvalue weighted by Gasteiger charge is -2.18. The van der Waals surface area contributed by atoms with Gasteiger partial charge in [0, 0.05) is 5.56 Å². The molecule has 28 heavy (non-hydrogen) atoms. The Bertz CT molecular complexity index is 1040. The van der Waals surface area contributed by atoms with E-state index in [2.05, 4.69) is 37.4 Å². The van der Waals surface area contributed by atoms with Gasteiger partial charge in [0.15, 0.2) is 0 Å². The molecule has 0 fully saturated rings. The molecule has 0 radical (unpaired) electrons. The Kier molecular flexibility index (Phi) is 4.89. The summed E-state index contributed by atoms with van der Waals surface area (Å²) in [5, 5.41) is 7.91. The molecule has 1 aliphatic heterocycles. The maximum absolute atomic E-state index is 12.5. The third kappa shape index (κ3) is 3.29. The van der Waals surface area contributed by atoms with Gasteiger partial charge in [0.2, 0.25) is 5.91 Å². The third-order valence-corrected chi connectivity index (χ3v) is 6.29. The summed E-state index contributed by atoms with van der Waals surface area (Å²) in [6.07, 6.45) is 0. The van der Waals surface area contributed by atoms with E-state index in [1.165, 1.54) is 16.7 Å². The van der Waals surface area contributed by atoms with E-state index in [0.717, 1.165) is 28.5 Å². The largest absolute Gasteiger partial charge is 0.497 e. The first-order valence-corrected chi connectivity index (χ1v) is 10.3. The van der Waals surface area contributed by atoms with Crippen molar-refractivity contribution in [3.05, 3.63) is 70.4 Å². The number of ether oxygens (including phenoxy) is 1. The molecule has 2 aromatic carbocycles. The van der Waals surface area contributed by atoms with E-state index in [4.69, 9.17) is 9.84 Å². The second kappa shape index (κ2) is 7.36. The van der Waals surface area contributed by atoms with Crippen LogP contribution in [-0.2, 0) is 4.79 Å². The predicted molar refractivity (Wildman–Crippen MR) is 114 cm³/mol. The highest BCUT2D eigenvalue weighted by Gasteiger charge is 2.31. The maximum Gasteiger partial charge on any atom is 0.235 e. The second-order valence-corrected chi connectivity index (χ2v) is 8.15. The number of hydrogen-bond acceptors (Lipinski definition) is 4. The molecule has 1 N–H and O–H groups in total. The number of methoxy groups -OCH3 is 1.